The van der Waals surface area contributed by atoms with Gasteiger partial charge in [0.1, 0.15) is 5.82 Å². The molecule has 4 nitrogen and oxygen atoms in total. The first-order valence-electron chi connectivity index (χ1n) is 5.46. The van der Waals surface area contributed by atoms with Gasteiger partial charge in [-0.3, -0.25) is 10.1 Å². The summed E-state index contributed by atoms with van der Waals surface area (Å²) < 4.78 is 12.6. The second-order valence-corrected chi connectivity index (χ2v) is 4.97. The summed E-state index contributed by atoms with van der Waals surface area (Å²) in [5, 5.41) is 4.76. The molecular formula is C12H15FN2O2S. The van der Waals surface area contributed by atoms with Crippen LogP contribution in [0.2, 0.25) is 0 Å². The van der Waals surface area contributed by atoms with E-state index in [1.54, 1.807) is 26.0 Å². The molecule has 1 rings (SSSR count). The zero-order chi connectivity index (χ0) is 13.5. The maximum Gasteiger partial charge on any atom is 0.321 e. The van der Waals surface area contributed by atoms with Crippen LogP contribution in [0.4, 0.5) is 9.18 Å². The predicted octanol–water partition coefficient (Wildman–Crippen LogP) is 2.15. The molecule has 0 saturated carbocycles. The van der Waals surface area contributed by atoms with Crippen LogP contribution in [0.1, 0.15) is 13.8 Å². The van der Waals surface area contributed by atoms with Crippen molar-refractivity contribution in [2.24, 2.45) is 0 Å². The number of hydrogen-bond acceptors (Lipinski definition) is 3. The second-order valence-electron chi connectivity index (χ2n) is 3.92. The number of halogens is 1. The molecule has 0 radical (unpaired) electrons. The van der Waals surface area contributed by atoms with Gasteiger partial charge >= 0.3 is 6.03 Å². The average molecular weight is 270 g/mol. The van der Waals surface area contributed by atoms with Crippen LogP contribution >= 0.6 is 11.8 Å². The summed E-state index contributed by atoms with van der Waals surface area (Å²) in [5.74, 6) is -0.598. The molecule has 0 aromatic heterocycles. The number of hydrogen-bond donors (Lipinski definition) is 2. The molecule has 0 saturated heterocycles. The largest absolute Gasteiger partial charge is 0.336 e. The van der Waals surface area contributed by atoms with Gasteiger partial charge in [-0.2, -0.15) is 0 Å². The Bertz CT molecular complexity index is 421. The highest BCUT2D eigenvalue weighted by Crippen LogP contribution is 2.17. The predicted molar refractivity (Wildman–Crippen MR) is 68.9 cm³/mol. The van der Waals surface area contributed by atoms with E-state index in [4.69, 9.17) is 0 Å². The molecule has 1 aromatic rings. The minimum atomic E-state index is -0.505. The Kier molecular flexibility index (Phi) is 5.64. The third-order valence-corrected chi connectivity index (χ3v) is 2.87. The third kappa shape index (κ3) is 5.67. The SMILES string of the molecule is CC(C)NC(=O)NC(=O)CSc1ccc(F)cc1. The molecule has 6 heteroatoms. The highest BCUT2D eigenvalue weighted by molar-refractivity contribution is 8.00. The van der Waals surface area contributed by atoms with Crippen molar-refractivity contribution in [1.29, 1.82) is 0 Å². The number of benzene rings is 1. The summed E-state index contributed by atoms with van der Waals surface area (Å²) >= 11 is 1.24. The van der Waals surface area contributed by atoms with E-state index in [2.05, 4.69) is 10.6 Å². The Hall–Kier alpha value is -1.56. The normalized spacial score (nSPS) is 10.2. The molecule has 98 valence electrons. The van der Waals surface area contributed by atoms with E-state index in [0.29, 0.717) is 0 Å². The maximum atomic E-state index is 12.6. The molecule has 0 unspecified atom stereocenters. The molecule has 3 amide bonds. The molecule has 0 fully saturated rings. The molecule has 0 bridgehead atoms. The molecule has 0 spiro atoms. The lowest BCUT2D eigenvalue weighted by Crippen LogP contribution is -2.43. The average Bonchev–Trinajstić information content (AvgIpc) is 2.27. The Morgan fingerprint density at radius 1 is 1.28 bits per heavy atom. The van der Waals surface area contributed by atoms with Gasteiger partial charge < -0.3 is 5.32 Å². The minimum Gasteiger partial charge on any atom is -0.336 e. The van der Waals surface area contributed by atoms with E-state index in [1.807, 2.05) is 0 Å². The van der Waals surface area contributed by atoms with Crippen LogP contribution in [-0.2, 0) is 4.79 Å². The van der Waals surface area contributed by atoms with Gasteiger partial charge in [0.25, 0.3) is 0 Å². The van der Waals surface area contributed by atoms with E-state index in [1.165, 1.54) is 23.9 Å². The number of amides is 3. The van der Waals surface area contributed by atoms with Crippen LogP contribution in [0.3, 0.4) is 0 Å². The zero-order valence-corrected chi connectivity index (χ0v) is 11.0. The van der Waals surface area contributed by atoms with Gasteiger partial charge in [0, 0.05) is 10.9 Å². The third-order valence-electron chi connectivity index (χ3n) is 1.86. The van der Waals surface area contributed by atoms with Crippen molar-refractivity contribution in [3.8, 4) is 0 Å². The number of carbonyl (C=O) groups is 2. The fourth-order valence-corrected chi connectivity index (χ4v) is 1.84. The molecule has 0 atom stereocenters. The van der Waals surface area contributed by atoms with Crippen molar-refractivity contribution in [3.05, 3.63) is 30.1 Å². The molecule has 0 aliphatic heterocycles. The summed E-state index contributed by atoms with van der Waals surface area (Å²) in [5.41, 5.74) is 0. The Labute approximate surface area is 109 Å². The second kappa shape index (κ2) is 7.00. The van der Waals surface area contributed by atoms with Gasteiger partial charge in [-0.25, -0.2) is 9.18 Å². The summed E-state index contributed by atoms with van der Waals surface area (Å²) in [7, 11) is 0. The lowest BCUT2D eigenvalue weighted by Gasteiger charge is -2.08. The quantitative estimate of drug-likeness (QED) is 0.824. The monoisotopic (exact) mass is 270 g/mol. The van der Waals surface area contributed by atoms with Crippen molar-refractivity contribution in [3.63, 3.8) is 0 Å². The molecule has 18 heavy (non-hydrogen) atoms. The van der Waals surface area contributed by atoms with Crippen LogP contribution in [0.5, 0.6) is 0 Å². The van der Waals surface area contributed by atoms with Crippen LogP contribution < -0.4 is 10.6 Å². The number of imide groups is 1. The Morgan fingerprint density at radius 3 is 2.44 bits per heavy atom. The van der Waals surface area contributed by atoms with Crippen LogP contribution in [0.25, 0.3) is 0 Å². The Morgan fingerprint density at radius 2 is 1.89 bits per heavy atom. The summed E-state index contributed by atoms with van der Waals surface area (Å²) in [6.45, 7) is 3.61. The smallest absolute Gasteiger partial charge is 0.321 e. The van der Waals surface area contributed by atoms with Crippen molar-refractivity contribution in [2.75, 3.05) is 5.75 Å². The van der Waals surface area contributed by atoms with Gasteiger partial charge in [-0.15, -0.1) is 11.8 Å². The summed E-state index contributed by atoms with van der Waals surface area (Å²) in [6.07, 6.45) is 0. The van der Waals surface area contributed by atoms with E-state index in [0.717, 1.165) is 4.90 Å². The van der Waals surface area contributed by atoms with E-state index in [9.17, 15) is 14.0 Å². The maximum absolute atomic E-state index is 12.6. The fraction of sp³-hybridized carbons (Fsp3) is 0.333. The molecule has 0 heterocycles. The molecular weight excluding hydrogens is 255 g/mol. The van der Waals surface area contributed by atoms with E-state index >= 15 is 0 Å². The summed E-state index contributed by atoms with van der Waals surface area (Å²) in [6, 6.07) is 5.29. The van der Waals surface area contributed by atoms with Gasteiger partial charge in [-0.05, 0) is 38.1 Å². The van der Waals surface area contributed by atoms with Crippen LogP contribution in [0, 0.1) is 5.82 Å². The zero-order valence-electron chi connectivity index (χ0n) is 10.2. The van der Waals surface area contributed by atoms with E-state index < -0.39 is 6.03 Å². The van der Waals surface area contributed by atoms with Crippen LogP contribution in [0.15, 0.2) is 29.2 Å². The molecule has 1 aromatic carbocycles. The highest BCUT2D eigenvalue weighted by atomic mass is 32.2. The number of carbonyl (C=O) groups excluding carboxylic acids is 2. The van der Waals surface area contributed by atoms with Crippen molar-refractivity contribution >= 4 is 23.7 Å². The lowest BCUT2D eigenvalue weighted by molar-refractivity contribution is -0.117. The number of rotatable bonds is 4. The Balaban J connectivity index is 2.33. The minimum absolute atomic E-state index is 0.0254. The van der Waals surface area contributed by atoms with Crippen LogP contribution in [-0.4, -0.2) is 23.7 Å². The van der Waals surface area contributed by atoms with Crippen molar-refractivity contribution in [2.45, 2.75) is 24.8 Å². The molecule has 0 aliphatic rings. The fourth-order valence-electron chi connectivity index (χ4n) is 1.14. The van der Waals surface area contributed by atoms with Crippen molar-refractivity contribution < 1.29 is 14.0 Å². The highest BCUT2D eigenvalue weighted by Gasteiger charge is 2.08. The van der Waals surface area contributed by atoms with Gasteiger partial charge in [-0.1, -0.05) is 0 Å². The first-order valence-corrected chi connectivity index (χ1v) is 6.44. The number of thioether (sulfide) groups is 1. The lowest BCUT2D eigenvalue weighted by atomic mass is 10.4. The number of nitrogens with one attached hydrogen (secondary N) is 2. The summed E-state index contributed by atoms with van der Waals surface area (Å²) in [4.78, 5) is 23.4. The van der Waals surface area contributed by atoms with Crippen molar-refractivity contribution in [1.82, 2.24) is 10.6 Å². The van der Waals surface area contributed by atoms with Gasteiger partial charge in [0.2, 0.25) is 5.91 Å². The number of urea groups is 1. The van der Waals surface area contributed by atoms with E-state index in [-0.39, 0.29) is 23.5 Å². The first kappa shape index (κ1) is 14.5. The van der Waals surface area contributed by atoms with Gasteiger partial charge in [0.15, 0.2) is 0 Å². The topological polar surface area (TPSA) is 58.2 Å². The standard InChI is InChI=1S/C12H15FN2O2S/c1-8(2)14-12(17)15-11(16)7-18-10-5-3-9(13)4-6-10/h3-6,8H,7H2,1-2H3,(H2,14,15,16,17). The molecule has 0 aliphatic carbocycles. The van der Waals surface area contributed by atoms with Gasteiger partial charge in [0.05, 0.1) is 5.75 Å². The molecule has 2 N–H and O–H groups in total. The first-order chi connectivity index (χ1) is 8.47.